The molecule has 0 radical (unpaired) electrons. The number of benzene rings is 1. The molecule has 0 atom stereocenters. The van der Waals surface area contributed by atoms with Crippen molar-refractivity contribution in [2.24, 2.45) is 5.92 Å². The second-order valence-corrected chi connectivity index (χ2v) is 8.64. The van der Waals surface area contributed by atoms with Crippen LogP contribution in [0.1, 0.15) is 49.9 Å². The van der Waals surface area contributed by atoms with Crippen molar-refractivity contribution in [1.82, 2.24) is 9.88 Å². The van der Waals surface area contributed by atoms with Crippen molar-refractivity contribution in [2.75, 3.05) is 13.1 Å². The summed E-state index contributed by atoms with van der Waals surface area (Å²) in [4.78, 5) is 32.8. The van der Waals surface area contributed by atoms with E-state index in [1.165, 1.54) is 11.3 Å². The molecule has 3 heterocycles. The summed E-state index contributed by atoms with van der Waals surface area (Å²) in [6.07, 6.45) is 1.39. The molecule has 29 heavy (non-hydrogen) atoms. The summed E-state index contributed by atoms with van der Waals surface area (Å²) in [5.41, 5.74) is 2.63. The van der Waals surface area contributed by atoms with Crippen molar-refractivity contribution in [3.05, 3.63) is 63.9 Å². The number of piperidine rings is 1. The zero-order valence-electron chi connectivity index (χ0n) is 16.9. The molecule has 0 unspecified atom stereocenters. The van der Waals surface area contributed by atoms with E-state index in [1.54, 1.807) is 0 Å². The Labute approximate surface area is 174 Å². The van der Waals surface area contributed by atoms with Crippen molar-refractivity contribution in [2.45, 2.75) is 33.6 Å². The third-order valence-corrected chi connectivity index (χ3v) is 6.59. The van der Waals surface area contributed by atoms with Gasteiger partial charge in [0, 0.05) is 24.6 Å². The molecule has 1 aliphatic heterocycles. The fourth-order valence-corrected chi connectivity index (χ4v) is 4.69. The molecule has 1 aromatic carbocycles. The largest absolute Gasteiger partial charge is 0.459 e. The molecule has 0 saturated carbocycles. The van der Waals surface area contributed by atoms with E-state index in [1.807, 2.05) is 62.1 Å². The van der Waals surface area contributed by atoms with E-state index >= 15 is 0 Å². The van der Waals surface area contributed by atoms with Crippen LogP contribution in [0.4, 0.5) is 0 Å². The number of nitrogens with zero attached hydrogens (tertiary/aromatic N) is 2. The van der Waals surface area contributed by atoms with Gasteiger partial charge in [-0.1, -0.05) is 29.8 Å². The van der Waals surface area contributed by atoms with E-state index in [9.17, 15) is 9.59 Å². The van der Waals surface area contributed by atoms with Gasteiger partial charge in [-0.05, 0) is 45.7 Å². The number of carbonyl (C=O) groups is 2. The number of rotatable bonds is 4. The monoisotopic (exact) mass is 408 g/mol. The number of ketones is 1. The molecule has 0 N–H and O–H groups in total. The molecule has 0 aliphatic carbocycles. The van der Waals surface area contributed by atoms with E-state index in [0.29, 0.717) is 36.6 Å². The number of hydrogen-bond donors (Lipinski definition) is 0. The van der Waals surface area contributed by atoms with Gasteiger partial charge in [0.2, 0.25) is 0 Å². The summed E-state index contributed by atoms with van der Waals surface area (Å²) in [5, 5.41) is 0.725. The maximum Gasteiger partial charge on any atom is 0.265 e. The summed E-state index contributed by atoms with van der Waals surface area (Å²) in [7, 11) is 0. The maximum absolute atomic E-state index is 13.0. The highest BCUT2D eigenvalue weighted by Crippen LogP contribution is 2.31. The minimum absolute atomic E-state index is 0.00392. The number of furan rings is 1. The maximum atomic E-state index is 13.0. The first kappa shape index (κ1) is 19.6. The van der Waals surface area contributed by atoms with Crippen LogP contribution in [0.3, 0.4) is 0 Å². The highest BCUT2D eigenvalue weighted by atomic mass is 32.1. The van der Waals surface area contributed by atoms with Crippen LogP contribution in [0.25, 0.3) is 10.8 Å². The molecule has 4 rings (SSSR count). The Morgan fingerprint density at radius 1 is 1.03 bits per heavy atom. The van der Waals surface area contributed by atoms with Gasteiger partial charge in [-0.25, -0.2) is 4.98 Å². The Morgan fingerprint density at radius 3 is 2.34 bits per heavy atom. The predicted molar refractivity (Wildman–Crippen MR) is 113 cm³/mol. The Balaban J connectivity index is 1.42. The summed E-state index contributed by atoms with van der Waals surface area (Å²) >= 11 is 1.37. The molecule has 1 aliphatic rings. The Bertz CT molecular complexity index is 1040. The van der Waals surface area contributed by atoms with Gasteiger partial charge in [-0.2, -0.15) is 0 Å². The molecule has 5 nitrogen and oxygen atoms in total. The fourth-order valence-electron chi connectivity index (χ4n) is 3.69. The van der Waals surface area contributed by atoms with Gasteiger partial charge in [0.15, 0.2) is 16.6 Å². The number of hydrogen-bond acceptors (Lipinski definition) is 5. The third-order valence-electron chi connectivity index (χ3n) is 5.43. The van der Waals surface area contributed by atoms with Crippen LogP contribution in [0.15, 0.2) is 40.8 Å². The van der Waals surface area contributed by atoms with Crippen molar-refractivity contribution in [3.8, 4) is 10.8 Å². The van der Waals surface area contributed by atoms with Crippen molar-refractivity contribution in [3.63, 3.8) is 0 Å². The first-order chi connectivity index (χ1) is 13.9. The van der Waals surface area contributed by atoms with E-state index in [0.717, 1.165) is 27.6 Å². The van der Waals surface area contributed by atoms with Crippen LogP contribution in [-0.4, -0.2) is 34.7 Å². The molecular weight excluding hydrogens is 384 g/mol. The number of thiazole rings is 1. The Hall–Kier alpha value is -2.73. The average molecular weight is 409 g/mol. The van der Waals surface area contributed by atoms with Gasteiger partial charge in [0.25, 0.3) is 5.91 Å². The third kappa shape index (κ3) is 4.03. The first-order valence-electron chi connectivity index (χ1n) is 9.87. The van der Waals surface area contributed by atoms with Crippen LogP contribution < -0.4 is 0 Å². The number of carbonyl (C=O) groups excluding carboxylic acids is 2. The molecule has 0 bridgehead atoms. The van der Waals surface area contributed by atoms with Crippen LogP contribution in [-0.2, 0) is 0 Å². The van der Waals surface area contributed by atoms with Gasteiger partial charge >= 0.3 is 0 Å². The van der Waals surface area contributed by atoms with E-state index in [2.05, 4.69) is 4.98 Å². The van der Waals surface area contributed by atoms with Gasteiger partial charge in [0.1, 0.15) is 10.6 Å². The molecular formula is C23H24N2O3S. The molecule has 150 valence electrons. The smallest absolute Gasteiger partial charge is 0.265 e. The molecule has 1 amide bonds. The lowest BCUT2D eigenvalue weighted by Gasteiger charge is -2.31. The van der Waals surface area contributed by atoms with Crippen molar-refractivity contribution >= 4 is 23.0 Å². The van der Waals surface area contributed by atoms with E-state index < -0.39 is 0 Å². The molecule has 1 saturated heterocycles. The van der Waals surface area contributed by atoms with E-state index in [4.69, 9.17) is 4.42 Å². The van der Waals surface area contributed by atoms with Gasteiger partial charge in [-0.3, -0.25) is 9.59 Å². The molecule has 0 spiro atoms. The van der Waals surface area contributed by atoms with Crippen LogP contribution >= 0.6 is 11.3 Å². The molecule has 6 heteroatoms. The van der Waals surface area contributed by atoms with Crippen molar-refractivity contribution < 1.29 is 14.0 Å². The zero-order valence-corrected chi connectivity index (χ0v) is 17.7. The normalized spacial score (nSPS) is 14.9. The lowest BCUT2D eigenvalue weighted by molar-refractivity contribution is 0.0653. The van der Waals surface area contributed by atoms with Crippen LogP contribution in [0, 0.1) is 26.7 Å². The Morgan fingerprint density at radius 2 is 1.72 bits per heavy atom. The predicted octanol–water partition coefficient (Wildman–Crippen LogP) is 5.06. The van der Waals surface area contributed by atoms with Crippen molar-refractivity contribution in [1.29, 1.82) is 0 Å². The second kappa shape index (κ2) is 7.95. The second-order valence-electron chi connectivity index (χ2n) is 7.64. The fraction of sp³-hybridized carbons (Fsp3) is 0.348. The quantitative estimate of drug-likeness (QED) is 0.566. The highest BCUT2D eigenvalue weighted by Gasteiger charge is 2.30. The minimum Gasteiger partial charge on any atom is -0.459 e. The molecule has 1 fully saturated rings. The zero-order chi connectivity index (χ0) is 20.5. The lowest BCUT2D eigenvalue weighted by atomic mass is 9.88. The highest BCUT2D eigenvalue weighted by molar-refractivity contribution is 7.17. The lowest BCUT2D eigenvalue weighted by Crippen LogP contribution is -2.40. The average Bonchev–Trinajstić information content (AvgIpc) is 3.33. The van der Waals surface area contributed by atoms with Crippen LogP contribution in [0.5, 0.6) is 0 Å². The first-order valence-corrected chi connectivity index (χ1v) is 10.7. The number of likely N-dealkylation sites (tertiary alicyclic amines) is 1. The summed E-state index contributed by atoms with van der Waals surface area (Å²) in [6, 6.07) is 11.5. The van der Waals surface area contributed by atoms with Gasteiger partial charge < -0.3 is 9.32 Å². The number of Topliss-reactive ketones (excluding diaryl/α,β-unsaturated/α-hetero) is 1. The topological polar surface area (TPSA) is 63.4 Å². The number of aryl methyl sites for hydroxylation is 3. The Kier molecular flexibility index (Phi) is 5.37. The number of amides is 1. The number of aromatic nitrogens is 1. The van der Waals surface area contributed by atoms with Gasteiger partial charge in [0.05, 0.1) is 5.69 Å². The summed E-state index contributed by atoms with van der Waals surface area (Å²) in [6.45, 7) is 6.94. The minimum atomic E-state index is -0.0223. The van der Waals surface area contributed by atoms with Crippen LogP contribution in [0.2, 0.25) is 0 Å². The standard InChI is InChI=1S/C23H24N2O3S/c1-14-4-7-17(8-5-14)20(26)18-10-12-25(13-11-18)23(27)21-16(3)24-22(29-21)19-9-6-15(2)28-19/h4-9,18H,10-13H2,1-3H3. The van der Waals surface area contributed by atoms with Gasteiger partial charge in [-0.15, -0.1) is 11.3 Å². The van der Waals surface area contributed by atoms with E-state index in [-0.39, 0.29) is 17.6 Å². The summed E-state index contributed by atoms with van der Waals surface area (Å²) in [5.74, 6) is 1.67. The molecule has 3 aromatic rings. The summed E-state index contributed by atoms with van der Waals surface area (Å²) < 4.78 is 5.64. The SMILES string of the molecule is Cc1ccc(C(=O)C2CCN(C(=O)c3sc(-c4ccc(C)o4)nc3C)CC2)cc1. The molecule has 2 aromatic heterocycles.